The van der Waals surface area contributed by atoms with E-state index < -0.39 is 11.4 Å². The molecule has 1 unspecified atom stereocenters. The van der Waals surface area contributed by atoms with Gasteiger partial charge >= 0.3 is 0 Å². The van der Waals surface area contributed by atoms with Crippen molar-refractivity contribution < 1.29 is 13.9 Å². The molecule has 0 spiro atoms. The maximum absolute atomic E-state index is 14.0. The highest BCUT2D eigenvalue weighted by molar-refractivity contribution is 5.85. The number of hydrogen-bond donors (Lipinski definition) is 2. The van der Waals surface area contributed by atoms with Crippen LogP contribution < -0.4 is 15.8 Å². The zero-order chi connectivity index (χ0) is 15.5. The van der Waals surface area contributed by atoms with E-state index in [0.29, 0.717) is 12.1 Å². The van der Waals surface area contributed by atoms with Crippen molar-refractivity contribution in [2.75, 3.05) is 13.2 Å². The van der Waals surface area contributed by atoms with Gasteiger partial charge in [0.1, 0.15) is 12.1 Å². The van der Waals surface area contributed by atoms with E-state index in [1.807, 2.05) is 6.92 Å². The van der Waals surface area contributed by atoms with Crippen LogP contribution in [0.4, 0.5) is 4.39 Å². The van der Waals surface area contributed by atoms with Gasteiger partial charge in [-0.05, 0) is 50.3 Å². The molecule has 0 bridgehead atoms. The van der Waals surface area contributed by atoms with Crippen molar-refractivity contribution in [1.29, 1.82) is 0 Å². The van der Waals surface area contributed by atoms with Crippen molar-refractivity contribution in [3.05, 3.63) is 29.6 Å². The number of rotatable bonds is 8. The van der Waals surface area contributed by atoms with Gasteiger partial charge in [-0.25, -0.2) is 4.39 Å². The van der Waals surface area contributed by atoms with E-state index >= 15 is 0 Å². The number of carbonyl (C=O) groups is 1. The van der Waals surface area contributed by atoms with Crippen LogP contribution in [0.15, 0.2) is 18.2 Å². The molecule has 0 aliphatic heterocycles. The summed E-state index contributed by atoms with van der Waals surface area (Å²) in [5, 5.41) is 3.23. The Morgan fingerprint density at radius 2 is 2.24 bits per heavy atom. The van der Waals surface area contributed by atoms with Crippen LogP contribution in [0.2, 0.25) is 0 Å². The summed E-state index contributed by atoms with van der Waals surface area (Å²) < 4.78 is 19.6. The number of benzene rings is 1. The van der Waals surface area contributed by atoms with Crippen LogP contribution in [0, 0.1) is 18.7 Å². The Kier molecular flexibility index (Phi) is 4.83. The maximum Gasteiger partial charge on any atom is 0.241 e. The van der Waals surface area contributed by atoms with Gasteiger partial charge in [-0.3, -0.25) is 4.79 Å². The number of hydrogen-bond acceptors (Lipinski definition) is 3. The Balaban J connectivity index is 2.15. The largest absolute Gasteiger partial charge is 0.488 e. The minimum absolute atomic E-state index is 0.0629. The van der Waals surface area contributed by atoms with E-state index in [2.05, 4.69) is 5.32 Å². The highest BCUT2D eigenvalue weighted by atomic mass is 19.1. The lowest BCUT2D eigenvalue weighted by molar-refractivity contribution is -0.126. The number of nitrogens with one attached hydrogen (secondary N) is 1. The van der Waals surface area contributed by atoms with Crippen LogP contribution in [-0.4, -0.2) is 24.6 Å². The molecule has 1 atom stereocenters. The van der Waals surface area contributed by atoms with Crippen LogP contribution in [0.25, 0.3) is 0 Å². The third-order valence-corrected chi connectivity index (χ3v) is 4.02. The Labute approximate surface area is 124 Å². The lowest BCUT2D eigenvalue weighted by atomic mass is 9.93. The molecule has 21 heavy (non-hydrogen) atoms. The van der Waals surface area contributed by atoms with Crippen LogP contribution in [0.3, 0.4) is 0 Å². The summed E-state index contributed by atoms with van der Waals surface area (Å²) in [6.45, 7) is 4.44. The van der Waals surface area contributed by atoms with Crippen molar-refractivity contribution in [2.24, 2.45) is 11.7 Å². The molecule has 0 aromatic heterocycles. The summed E-state index contributed by atoms with van der Waals surface area (Å²) in [4.78, 5) is 12.0. The zero-order valence-corrected chi connectivity index (χ0v) is 12.6. The second-order valence-corrected chi connectivity index (χ2v) is 5.71. The summed E-state index contributed by atoms with van der Waals surface area (Å²) in [5.74, 6) is -0.470. The van der Waals surface area contributed by atoms with Gasteiger partial charge in [0, 0.05) is 0 Å². The lowest BCUT2D eigenvalue weighted by Gasteiger charge is -2.32. The molecule has 3 N–H and O–H groups in total. The van der Waals surface area contributed by atoms with Crippen LogP contribution in [0.1, 0.15) is 31.7 Å². The monoisotopic (exact) mass is 294 g/mol. The minimum Gasteiger partial charge on any atom is -0.488 e. The van der Waals surface area contributed by atoms with Crippen molar-refractivity contribution in [3.63, 3.8) is 0 Å². The molecule has 1 aromatic rings. The highest BCUT2D eigenvalue weighted by Crippen LogP contribution is 2.40. The molecule has 0 radical (unpaired) electrons. The van der Waals surface area contributed by atoms with Gasteiger partial charge in [0.05, 0.1) is 0 Å². The molecule has 1 aromatic carbocycles. The predicted octanol–water partition coefficient (Wildman–Crippen LogP) is 2.15. The van der Waals surface area contributed by atoms with Gasteiger partial charge in [-0.1, -0.05) is 19.1 Å². The van der Waals surface area contributed by atoms with E-state index in [4.69, 9.17) is 10.5 Å². The van der Waals surface area contributed by atoms with Crippen LogP contribution in [0.5, 0.6) is 5.75 Å². The Bertz CT molecular complexity index is 517. The fourth-order valence-corrected chi connectivity index (χ4v) is 2.52. The topological polar surface area (TPSA) is 64.3 Å². The second kappa shape index (κ2) is 6.43. The molecule has 5 heteroatoms. The molecule has 1 aliphatic rings. The first-order chi connectivity index (χ1) is 10.0. The Morgan fingerprint density at radius 3 is 2.81 bits per heavy atom. The summed E-state index contributed by atoms with van der Waals surface area (Å²) in [5.41, 5.74) is 5.23. The fraction of sp³-hybridized carbons (Fsp3) is 0.562. The Hall–Kier alpha value is -1.62. The molecular weight excluding hydrogens is 271 g/mol. The van der Waals surface area contributed by atoms with Crippen molar-refractivity contribution in [1.82, 2.24) is 5.32 Å². The second-order valence-electron chi connectivity index (χ2n) is 5.71. The van der Waals surface area contributed by atoms with Crippen molar-refractivity contribution in [3.8, 4) is 5.75 Å². The SMILES string of the molecule is CCCNC(COc1cccc(C)c1F)(C(N)=O)C1CC1. The smallest absolute Gasteiger partial charge is 0.241 e. The minimum atomic E-state index is -0.897. The number of amides is 1. The van der Waals surface area contributed by atoms with Crippen molar-refractivity contribution >= 4 is 5.91 Å². The molecule has 1 aliphatic carbocycles. The van der Waals surface area contributed by atoms with E-state index in [1.54, 1.807) is 25.1 Å². The van der Waals surface area contributed by atoms with E-state index in [1.165, 1.54) is 0 Å². The molecule has 116 valence electrons. The molecule has 1 saturated carbocycles. The summed E-state index contributed by atoms with van der Waals surface area (Å²) in [6, 6.07) is 4.98. The van der Waals surface area contributed by atoms with Gasteiger partial charge < -0.3 is 15.8 Å². The fourth-order valence-electron chi connectivity index (χ4n) is 2.52. The molecule has 0 saturated heterocycles. The number of nitrogens with two attached hydrogens (primary N) is 1. The van der Waals surface area contributed by atoms with E-state index in [-0.39, 0.29) is 24.1 Å². The summed E-state index contributed by atoms with van der Waals surface area (Å²) in [6.07, 6.45) is 2.78. The van der Waals surface area contributed by atoms with E-state index in [0.717, 1.165) is 19.3 Å². The lowest BCUT2D eigenvalue weighted by Crippen LogP contribution is -2.61. The van der Waals surface area contributed by atoms with Crippen molar-refractivity contribution in [2.45, 2.75) is 38.6 Å². The van der Waals surface area contributed by atoms with Gasteiger partial charge in [-0.15, -0.1) is 0 Å². The third-order valence-electron chi connectivity index (χ3n) is 4.02. The zero-order valence-electron chi connectivity index (χ0n) is 12.6. The van der Waals surface area contributed by atoms with Gasteiger partial charge in [-0.2, -0.15) is 0 Å². The first kappa shape index (κ1) is 15.8. The predicted molar refractivity (Wildman–Crippen MR) is 79.6 cm³/mol. The average molecular weight is 294 g/mol. The first-order valence-electron chi connectivity index (χ1n) is 7.44. The quantitative estimate of drug-likeness (QED) is 0.772. The normalized spacial score (nSPS) is 17.3. The molecule has 0 heterocycles. The average Bonchev–Trinajstić information content (AvgIpc) is 3.28. The van der Waals surface area contributed by atoms with Gasteiger partial charge in [0.15, 0.2) is 11.6 Å². The summed E-state index contributed by atoms with van der Waals surface area (Å²) >= 11 is 0. The summed E-state index contributed by atoms with van der Waals surface area (Å²) in [7, 11) is 0. The molecule has 2 rings (SSSR count). The van der Waals surface area contributed by atoms with Gasteiger partial charge in [0.25, 0.3) is 0 Å². The number of aryl methyl sites for hydroxylation is 1. The number of halogens is 1. The highest BCUT2D eigenvalue weighted by Gasteiger charge is 2.50. The van der Waals surface area contributed by atoms with Crippen LogP contribution >= 0.6 is 0 Å². The Morgan fingerprint density at radius 1 is 1.52 bits per heavy atom. The van der Waals surface area contributed by atoms with Crippen LogP contribution in [-0.2, 0) is 4.79 Å². The molecule has 4 nitrogen and oxygen atoms in total. The third kappa shape index (κ3) is 3.35. The number of primary amides is 1. The molecule has 1 fully saturated rings. The first-order valence-corrected chi connectivity index (χ1v) is 7.44. The number of carbonyl (C=O) groups excluding carboxylic acids is 1. The number of ether oxygens (including phenoxy) is 1. The molecular formula is C16H23FN2O2. The maximum atomic E-state index is 14.0. The standard InChI is InChI=1S/C16H23FN2O2/c1-3-9-19-16(15(18)20,12-7-8-12)10-21-13-6-4-5-11(2)14(13)17/h4-6,12,19H,3,7-10H2,1-2H3,(H2,18,20). The van der Waals surface area contributed by atoms with Gasteiger partial charge in [0.2, 0.25) is 5.91 Å². The van der Waals surface area contributed by atoms with E-state index in [9.17, 15) is 9.18 Å². The molecule has 1 amide bonds.